The molecule has 5 nitrogen and oxygen atoms in total. The van der Waals surface area contributed by atoms with Gasteiger partial charge in [0.25, 0.3) is 0 Å². The first-order valence-corrected chi connectivity index (χ1v) is 6.26. The number of nitrogens with one attached hydrogen (secondary N) is 1. The van der Waals surface area contributed by atoms with E-state index in [1.54, 1.807) is 31.3 Å². The molecule has 0 aliphatic heterocycles. The average Bonchev–Trinajstić information content (AvgIpc) is 2.53. The number of hydrogen-bond acceptors (Lipinski definition) is 4. The Morgan fingerprint density at radius 2 is 1.86 bits per heavy atom. The number of benzene rings is 1. The van der Waals surface area contributed by atoms with Crippen LogP contribution in [0.2, 0.25) is 0 Å². The standard InChI is InChI=1S/C16H14N2O3/c1-3-14(19)12-8-9-13(18-15(12)17-2)10-4-6-11(7-5-10)16(20)21/h3-9H,1H2,2H3,(H,17,18)(H,20,21). The van der Waals surface area contributed by atoms with E-state index in [0.717, 1.165) is 5.56 Å². The molecule has 5 heteroatoms. The molecular formula is C16H14N2O3. The smallest absolute Gasteiger partial charge is 0.335 e. The van der Waals surface area contributed by atoms with E-state index in [1.807, 2.05) is 0 Å². The maximum atomic E-state index is 11.7. The molecule has 1 aromatic carbocycles. The van der Waals surface area contributed by atoms with E-state index in [9.17, 15) is 9.59 Å². The van der Waals surface area contributed by atoms with Crippen LogP contribution in [0.3, 0.4) is 0 Å². The van der Waals surface area contributed by atoms with Crippen LogP contribution in [0.15, 0.2) is 49.1 Å². The zero-order valence-electron chi connectivity index (χ0n) is 11.5. The lowest BCUT2D eigenvalue weighted by molar-refractivity contribution is 0.0696. The van der Waals surface area contributed by atoms with Crippen molar-refractivity contribution in [3.8, 4) is 11.3 Å². The van der Waals surface area contributed by atoms with Crippen LogP contribution in [0, 0.1) is 0 Å². The molecular weight excluding hydrogens is 268 g/mol. The molecule has 0 atom stereocenters. The quantitative estimate of drug-likeness (QED) is 0.651. The first-order valence-electron chi connectivity index (χ1n) is 6.26. The van der Waals surface area contributed by atoms with Crippen molar-refractivity contribution in [2.24, 2.45) is 0 Å². The molecule has 0 unspecified atom stereocenters. The molecule has 0 aliphatic rings. The van der Waals surface area contributed by atoms with Gasteiger partial charge in [0.05, 0.1) is 16.8 Å². The Hall–Kier alpha value is -2.95. The Morgan fingerprint density at radius 3 is 2.38 bits per heavy atom. The van der Waals surface area contributed by atoms with Crippen LogP contribution < -0.4 is 5.32 Å². The monoisotopic (exact) mass is 282 g/mol. The summed E-state index contributed by atoms with van der Waals surface area (Å²) >= 11 is 0. The molecule has 2 aromatic rings. The van der Waals surface area contributed by atoms with Gasteiger partial charge in [0.15, 0.2) is 5.78 Å². The van der Waals surface area contributed by atoms with Gasteiger partial charge in [0.1, 0.15) is 5.82 Å². The molecule has 0 saturated carbocycles. The van der Waals surface area contributed by atoms with Gasteiger partial charge in [-0.3, -0.25) is 4.79 Å². The normalized spacial score (nSPS) is 9.95. The lowest BCUT2D eigenvalue weighted by Crippen LogP contribution is -2.04. The molecule has 0 fully saturated rings. The molecule has 0 spiro atoms. The van der Waals surface area contributed by atoms with E-state index in [2.05, 4.69) is 16.9 Å². The minimum atomic E-state index is -0.975. The Kier molecular flexibility index (Phi) is 4.13. The lowest BCUT2D eigenvalue weighted by Gasteiger charge is -2.08. The van der Waals surface area contributed by atoms with Crippen molar-refractivity contribution in [2.75, 3.05) is 12.4 Å². The maximum Gasteiger partial charge on any atom is 0.335 e. The average molecular weight is 282 g/mol. The fourth-order valence-electron chi connectivity index (χ4n) is 1.90. The largest absolute Gasteiger partial charge is 0.478 e. The van der Waals surface area contributed by atoms with E-state index in [1.165, 1.54) is 18.2 Å². The molecule has 1 aromatic heterocycles. The summed E-state index contributed by atoms with van der Waals surface area (Å²) in [6, 6.07) is 9.78. The van der Waals surface area contributed by atoms with Gasteiger partial charge in [-0.05, 0) is 30.3 Å². The van der Waals surface area contributed by atoms with Crippen LogP contribution in [0.4, 0.5) is 5.82 Å². The Morgan fingerprint density at radius 1 is 1.19 bits per heavy atom. The number of ketones is 1. The van der Waals surface area contributed by atoms with Gasteiger partial charge in [-0.1, -0.05) is 18.7 Å². The molecule has 2 rings (SSSR count). The predicted octanol–water partition coefficient (Wildman–Crippen LogP) is 2.86. The number of nitrogens with zero attached hydrogens (tertiary/aromatic N) is 1. The number of carbonyl (C=O) groups excluding carboxylic acids is 1. The first-order chi connectivity index (χ1) is 10.1. The first kappa shape index (κ1) is 14.5. The van der Waals surface area contributed by atoms with Gasteiger partial charge in [-0.15, -0.1) is 0 Å². The second-order valence-electron chi connectivity index (χ2n) is 4.29. The van der Waals surface area contributed by atoms with Gasteiger partial charge in [0.2, 0.25) is 0 Å². The van der Waals surface area contributed by atoms with Crippen molar-refractivity contribution in [1.29, 1.82) is 0 Å². The highest BCUT2D eigenvalue weighted by Gasteiger charge is 2.11. The van der Waals surface area contributed by atoms with Crippen LogP contribution in [0.5, 0.6) is 0 Å². The summed E-state index contributed by atoms with van der Waals surface area (Å²) in [7, 11) is 1.68. The van der Waals surface area contributed by atoms with Crippen molar-refractivity contribution in [1.82, 2.24) is 4.98 Å². The SMILES string of the molecule is C=CC(=O)c1ccc(-c2ccc(C(=O)O)cc2)nc1NC. The molecule has 0 aliphatic carbocycles. The van der Waals surface area contributed by atoms with Crippen LogP contribution in [-0.4, -0.2) is 28.9 Å². The number of aromatic nitrogens is 1. The zero-order valence-corrected chi connectivity index (χ0v) is 11.5. The number of anilines is 1. The van der Waals surface area contributed by atoms with E-state index in [4.69, 9.17) is 5.11 Å². The van der Waals surface area contributed by atoms with E-state index >= 15 is 0 Å². The summed E-state index contributed by atoms with van der Waals surface area (Å²) in [6.45, 7) is 3.46. The number of carboxylic acid groups (broad SMARTS) is 1. The summed E-state index contributed by atoms with van der Waals surface area (Å²) in [5.74, 6) is -0.725. The minimum absolute atomic E-state index is 0.209. The Balaban J connectivity index is 2.43. The summed E-state index contributed by atoms with van der Waals surface area (Å²) in [6.07, 6.45) is 1.24. The molecule has 21 heavy (non-hydrogen) atoms. The fraction of sp³-hybridized carbons (Fsp3) is 0.0625. The van der Waals surface area contributed by atoms with E-state index in [0.29, 0.717) is 17.1 Å². The van der Waals surface area contributed by atoms with Crippen LogP contribution >= 0.6 is 0 Å². The predicted molar refractivity (Wildman–Crippen MR) is 80.7 cm³/mol. The zero-order chi connectivity index (χ0) is 15.4. The number of carboxylic acids is 1. The van der Waals surface area contributed by atoms with E-state index < -0.39 is 5.97 Å². The van der Waals surface area contributed by atoms with Crippen molar-refractivity contribution in [3.05, 3.63) is 60.2 Å². The van der Waals surface area contributed by atoms with E-state index in [-0.39, 0.29) is 11.3 Å². The molecule has 1 heterocycles. The molecule has 0 bridgehead atoms. The number of allylic oxidation sites excluding steroid dienone is 1. The second kappa shape index (κ2) is 6.00. The van der Waals surface area contributed by atoms with Crippen molar-refractivity contribution < 1.29 is 14.7 Å². The number of hydrogen-bond donors (Lipinski definition) is 2. The number of aromatic carboxylic acids is 1. The van der Waals surface area contributed by atoms with Crippen molar-refractivity contribution in [3.63, 3.8) is 0 Å². The number of rotatable bonds is 5. The van der Waals surface area contributed by atoms with Gasteiger partial charge in [-0.2, -0.15) is 0 Å². The lowest BCUT2D eigenvalue weighted by atomic mass is 10.1. The molecule has 0 saturated heterocycles. The summed E-state index contributed by atoms with van der Waals surface area (Å²) in [5, 5.41) is 11.8. The summed E-state index contributed by atoms with van der Waals surface area (Å²) < 4.78 is 0. The van der Waals surface area contributed by atoms with Gasteiger partial charge in [0, 0.05) is 12.6 Å². The van der Waals surface area contributed by atoms with Crippen LogP contribution in [0.1, 0.15) is 20.7 Å². The van der Waals surface area contributed by atoms with Crippen molar-refractivity contribution >= 4 is 17.6 Å². The van der Waals surface area contributed by atoms with Crippen LogP contribution in [0.25, 0.3) is 11.3 Å². The van der Waals surface area contributed by atoms with Crippen LogP contribution in [-0.2, 0) is 0 Å². The molecule has 0 radical (unpaired) electrons. The third kappa shape index (κ3) is 2.97. The highest BCUT2D eigenvalue weighted by molar-refractivity contribution is 6.07. The topological polar surface area (TPSA) is 79.3 Å². The van der Waals surface area contributed by atoms with Crippen molar-refractivity contribution in [2.45, 2.75) is 0 Å². The fourth-order valence-corrected chi connectivity index (χ4v) is 1.90. The number of carbonyl (C=O) groups is 2. The van der Waals surface area contributed by atoms with Gasteiger partial charge < -0.3 is 10.4 Å². The molecule has 106 valence electrons. The molecule has 2 N–H and O–H groups in total. The molecule has 0 amide bonds. The third-order valence-electron chi connectivity index (χ3n) is 3.01. The second-order valence-corrected chi connectivity index (χ2v) is 4.29. The Labute approximate surface area is 122 Å². The van der Waals surface area contributed by atoms with Gasteiger partial charge >= 0.3 is 5.97 Å². The van der Waals surface area contributed by atoms with Gasteiger partial charge in [-0.25, -0.2) is 9.78 Å². The highest BCUT2D eigenvalue weighted by atomic mass is 16.4. The third-order valence-corrected chi connectivity index (χ3v) is 3.01. The minimum Gasteiger partial charge on any atom is -0.478 e. The Bertz CT molecular complexity index is 706. The summed E-state index contributed by atoms with van der Waals surface area (Å²) in [4.78, 5) is 26.9. The maximum absolute atomic E-state index is 11.7. The number of pyridine rings is 1. The summed E-state index contributed by atoms with van der Waals surface area (Å²) in [5.41, 5.74) is 2.08. The highest BCUT2D eigenvalue weighted by Crippen LogP contribution is 2.22.